The first-order valence-electron chi connectivity index (χ1n) is 9.32. The molecule has 10 heteroatoms. The molecular formula is C19H25F3IN5S. The molecule has 5 nitrogen and oxygen atoms in total. The van der Waals surface area contributed by atoms with Crippen LogP contribution in [-0.2, 0) is 12.7 Å². The second-order valence-electron chi connectivity index (χ2n) is 6.58. The van der Waals surface area contributed by atoms with Crippen LogP contribution in [-0.4, -0.2) is 36.6 Å². The van der Waals surface area contributed by atoms with Crippen molar-refractivity contribution >= 4 is 47.0 Å². The van der Waals surface area contributed by atoms with Gasteiger partial charge in [-0.05, 0) is 31.9 Å². The lowest BCUT2D eigenvalue weighted by atomic mass is 10.1. The number of guanidine groups is 1. The fraction of sp³-hybridized carbons (Fsp3) is 0.474. The summed E-state index contributed by atoms with van der Waals surface area (Å²) in [7, 11) is 0. The van der Waals surface area contributed by atoms with Gasteiger partial charge in [0.1, 0.15) is 5.01 Å². The summed E-state index contributed by atoms with van der Waals surface area (Å²) in [5, 5.41) is 7.96. The molecule has 1 aromatic heterocycles. The Balaban J connectivity index is 0.00000300. The molecule has 3 rings (SSSR count). The van der Waals surface area contributed by atoms with Crippen molar-refractivity contribution in [2.45, 2.75) is 38.5 Å². The number of alkyl halides is 3. The molecule has 160 valence electrons. The van der Waals surface area contributed by atoms with E-state index in [0.29, 0.717) is 17.5 Å². The molecule has 0 radical (unpaired) electrons. The highest BCUT2D eigenvalue weighted by molar-refractivity contribution is 14.0. The molecule has 2 aromatic rings. The van der Waals surface area contributed by atoms with Crippen molar-refractivity contribution in [3.05, 3.63) is 46.4 Å². The van der Waals surface area contributed by atoms with Gasteiger partial charge in [0.2, 0.25) is 0 Å². The molecule has 1 fully saturated rings. The topological polar surface area (TPSA) is 52.6 Å². The predicted molar refractivity (Wildman–Crippen MR) is 122 cm³/mol. The van der Waals surface area contributed by atoms with Crippen LogP contribution in [0.1, 0.15) is 30.5 Å². The quantitative estimate of drug-likeness (QED) is 0.334. The molecule has 1 aromatic carbocycles. The highest BCUT2D eigenvalue weighted by Gasteiger charge is 2.33. The first-order chi connectivity index (χ1) is 13.5. The van der Waals surface area contributed by atoms with Crippen LogP contribution in [0.25, 0.3) is 0 Å². The van der Waals surface area contributed by atoms with Crippen LogP contribution in [0.5, 0.6) is 0 Å². The molecule has 1 unspecified atom stereocenters. The summed E-state index contributed by atoms with van der Waals surface area (Å²) < 4.78 is 38.1. The van der Waals surface area contributed by atoms with Crippen LogP contribution in [0.15, 0.2) is 40.7 Å². The lowest BCUT2D eigenvalue weighted by Crippen LogP contribution is -2.51. The maximum Gasteiger partial charge on any atom is 0.434 e. The largest absolute Gasteiger partial charge is 0.434 e. The van der Waals surface area contributed by atoms with E-state index in [4.69, 9.17) is 0 Å². The van der Waals surface area contributed by atoms with Crippen molar-refractivity contribution in [1.29, 1.82) is 0 Å². The molecule has 29 heavy (non-hydrogen) atoms. The predicted octanol–water partition coefficient (Wildman–Crippen LogP) is 4.50. The molecule has 0 aliphatic carbocycles. The zero-order valence-electron chi connectivity index (χ0n) is 16.1. The molecule has 1 saturated heterocycles. The number of halogens is 4. The number of piperidine rings is 1. The first-order valence-corrected chi connectivity index (χ1v) is 10.2. The number of para-hydroxylation sites is 1. The van der Waals surface area contributed by atoms with Crippen molar-refractivity contribution in [2.75, 3.05) is 24.5 Å². The SMILES string of the molecule is CCNC(=NCc1nc(C(F)(F)F)cs1)NC1CCCN(c2ccccc2)C1.I. The zero-order chi connectivity index (χ0) is 20.0. The lowest BCUT2D eigenvalue weighted by molar-refractivity contribution is -0.140. The van der Waals surface area contributed by atoms with Gasteiger partial charge >= 0.3 is 6.18 Å². The van der Waals surface area contributed by atoms with Crippen LogP contribution < -0.4 is 15.5 Å². The molecule has 1 atom stereocenters. The molecular weight excluding hydrogens is 514 g/mol. The van der Waals surface area contributed by atoms with Crippen molar-refractivity contribution in [3.8, 4) is 0 Å². The van der Waals surface area contributed by atoms with E-state index in [2.05, 4.69) is 37.6 Å². The van der Waals surface area contributed by atoms with E-state index >= 15 is 0 Å². The molecule has 0 bridgehead atoms. The average molecular weight is 539 g/mol. The summed E-state index contributed by atoms with van der Waals surface area (Å²) in [6.45, 7) is 4.61. The van der Waals surface area contributed by atoms with Crippen molar-refractivity contribution in [1.82, 2.24) is 15.6 Å². The summed E-state index contributed by atoms with van der Waals surface area (Å²) >= 11 is 0.978. The third kappa shape index (κ3) is 7.02. The van der Waals surface area contributed by atoms with E-state index in [-0.39, 0.29) is 36.6 Å². The summed E-state index contributed by atoms with van der Waals surface area (Å²) in [5.74, 6) is 0.603. The second kappa shape index (κ2) is 11.0. The number of anilines is 1. The zero-order valence-corrected chi connectivity index (χ0v) is 19.2. The molecule has 2 N–H and O–H groups in total. The summed E-state index contributed by atoms with van der Waals surface area (Å²) in [6, 6.07) is 10.5. The Bertz CT molecular complexity index is 782. The van der Waals surface area contributed by atoms with Gasteiger partial charge in [0.25, 0.3) is 0 Å². The van der Waals surface area contributed by atoms with E-state index in [0.717, 1.165) is 42.6 Å². The first kappa shape index (κ1) is 23.7. The Morgan fingerprint density at radius 2 is 2.07 bits per heavy atom. The van der Waals surface area contributed by atoms with Gasteiger partial charge in [0, 0.05) is 36.7 Å². The van der Waals surface area contributed by atoms with Crippen LogP contribution in [0.3, 0.4) is 0 Å². The fourth-order valence-electron chi connectivity index (χ4n) is 3.14. The molecule has 1 aliphatic heterocycles. The van der Waals surface area contributed by atoms with E-state index in [9.17, 15) is 13.2 Å². The van der Waals surface area contributed by atoms with Crippen molar-refractivity contribution in [2.24, 2.45) is 4.99 Å². The molecule has 0 spiro atoms. The Kier molecular flexibility index (Phi) is 9.00. The van der Waals surface area contributed by atoms with E-state index in [1.54, 1.807) is 0 Å². The van der Waals surface area contributed by atoms with E-state index in [1.807, 2.05) is 25.1 Å². The number of thiazole rings is 1. The standard InChI is InChI=1S/C19H24F3N5S.HI/c1-2-23-18(24-11-17-26-16(13-28-17)19(20,21)22)25-14-7-6-10-27(12-14)15-8-4-3-5-9-15;/h3-5,8-9,13-14H,2,6-7,10-12H2,1H3,(H2,23,24,25);1H. The highest BCUT2D eigenvalue weighted by atomic mass is 127. The number of aromatic nitrogens is 1. The number of benzene rings is 1. The minimum atomic E-state index is -4.41. The number of hydrogen-bond acceptors (Lipinski definition) is 4. The van der Waals surface area contributed by atoms with Crippen LogP contribution >= 0.6 is 35.3 Å². The van der Waals surface area contributed by atoms with Gasteiger partial charge in [-0.2, -0.15) is 13.2 Å². The Morgan fingerprint density at radius 3 is 2.72 bits per heavy atom. The highest BCUT2D eigenvalue weighted by Crippen LogP contribution is 2.30. The fourth-order valence-corrected chi connectivity index (χ4v) is 3.87. The van der Waals surface area contributed by atoms with Gasteiger partial charge in [0.15, 0.2) is 11.7 Å². The molecule has 0 saturated carbocycles. The number of aliphatic imine (C=N–C) groups is 1. The molecule has 2 heterocycles. The monoisotopic (exact) mass is 539 g/mol. The Hall–Kier alpha value is -1.56. The molecule has 1 aliphatic rings. The van der Waals surface area contributed by atoms with Gasteiger partial charge in [-0.1, -0.05) is 18.2 Å². The van der Waals surface area contributed by atoms with Gasteiger partial charge < -0.3 is 15.5 Å². The maximum absolute atomic E-state index is 12.7. The smallest absolute Gasteiger partial charge is 0.369 e. The summed E-state index contributed by atoms with van der Waals surface area (Å²) in [6.07, 6.45) is -2.33. The number of hydrogen-bond donors (Lipinski definition) is 2. The Labute approximate surface area is 189 Å². The van der Waals surface area contributed by atoms with Gasteiger partial charge in [0.05, 0.1) is 6.54 Å². The summed E-state index contributed by atoms with van der Waals surface area (Å²) in [5.41, 5.74) is 0.338. The third-order valence-electron chi connectivity index (χ3n) is 4.44. The third-order valence-corrected chi connectivity index (χ3v) is 5.28. The minimum absolute atomic E-state index is 0. The van der Waals surface area contributed by atoms with Crippen LogP contribution in [0.2, 0.25) is 0 Å². The normalized spacial score (nSPS) is 17.6. The lowest BCUT2D eigenvalue weighted by Gasteiger charge is -2.35. The van der Waals surface area contributed by atoms with Crippen molar-refractivity contribution < 1.29 is 13.2 Å². The average Bonchev–Trinajstić information content (AvgIpc) is 3.17. The van der Waals surface area contributed by atoms with Crippen molar-refractivity contribution in [3.63, 3.8) is 0 Å². The number of nitrogens with zero attached hydrogens (tertiary/aromatic N) is 3. The maximum atomic E-state index is 12.7. The Morgan fingerprint density at radius 1 is 1.31 bits per heavy atom. The summed E-state index contributed by atoms with van der Waals surface area (Å²) in [4.78, 5) is 10.4. The second-order valence-corrected chi connectivity index (χ2v) is 7.53. The minimum Gasteiger partial charge on any atom is -0.369 e. The number of rotatable bonds is 5. The van der Waals surface area contributed by atoms with Crippen LogP contribution in [0.4, 0.5) is 18.9 Å². The van der Waals surface area contributed by atoms with E-state index < -0.39 is 11.9 Å². The van der Waals surface area contributed by atoms with Crippen LogP contribution in [0, 0.1) is 0 Å². The molecule has 0 amide bonds. The van der Waals surface area contributed by atoms with Gasteiger partial charge in [-0.3, -0.25) is 0 Å². The van der Waals surface area contributed by atoms with Gasteiger partial charge in [-0.25, -0.2) is 9.98 Å². The van der Waals surface area contributed by atoms with E-state index in [1.165, 1.54) is 5.69 Å². The number of nitrogens with one attached hydrogen (secondary N) is 2. The van der Waals surface area contributed by atoms with Gasteiger partial charge in [-0.15, -0.1) is 35.3 Å².